The molecule has 0 aromatic heterocycles. The molecule has 1 amide bonds. The summed E-state index contributed by atoms with van der Waals surface area (Å²) in [5.74, 6) is 1.07. The van der Waals surface area contributed by atoms with E-state index in [1.807, 2.05) is 24.3 Å². The molecule has 2 aliphatic rings. The number of rotatable bonds is 2. The zero-order chi connectivity index (χ0) is 15.0. The average Bonchev–Trinajstić information content (AvgIpc) is 2.79. The second-order valence-electron chi connectivity index (χ2n) is 7.01. The molecule has 1 N–H and O–H groups in total. The molecule has 3 rings (SSSR count). The van der Waals surface area contributed by atoms with E-state index in [0.717, 1.165) is 18.6 Å². The van der Waals surface area contributed by atoms with Crippen molar-refractivity contribution in [2.75, 3.05) is 0 Å². The maximum atomic E-state index is 12.1. The molecule has 0 unspecified atom stereocenters. The number of hydrogen-bond donors (Lipinski definition) is 1. The van der Waals surface area contributed by atoms with Gasteiger partial charge in [0.1, 0.15) is 0 Å². The molecule has 1 saturated carbocycles. The topological polar surface area (TPSA) is 41.5 Å². The van der Waals surface area contributed by atoms with Crippen molar-refractivity contribution >= 4 is 11.6 Å². The first-order chi connectivity index (χ1) is 9.95. The fourth-order valence-corrected chi connectivity index (χ4v) is 2.97. The number of benzene rings is 1. The van der Waals surface area contributed by atoms with Crippen LogP contribution in [0.25, 0.3) is 0 Å². The van der Waals surface area contributed by atoms with Crippen molar-refractivity contribution in [2.24, 2.45) is 16.9 Å². The van der Waals surface area contributed by atoms with E-state index in [1.165, 1.54) is 5.56 Å². The first-order valence-corrected chi connectivity index (χ1v) is 7.59. The van der Waals surface area contributed by atoms with Gasteiger partial charge in [-0.05, 0) is 41.9 Å². The summed E-state index contributed by atoms with van der Waals surface area (Å²) in [4.78, 5) is 12.1. The highest BCUT2D eigenvalue weighted by Gasteiger charge is 2.38. The second kappa shape index (κ2) is 5.14. The monoisotopic (exact) mass is 282 g/mol. The number of hydrazone groups is 1. The van der Waals surface area contributed by atoms with Crippen molar-refractivity contribution in [2.45, 2.75) is 39.0 Å². The van der Waals surface area contributed by atoms with Gasteiger partial charge < -0.3 is 0 Å². The summed E-state index contributed by atoms with van der Waals surface area (Å²) in [5.41, 5.74) is 5.81. The highest BCUT2D eigenvalue weighted by Crippen LogP contribution is 2.40. The minimum atomic E-state index is -0.127. The zero-order valence-electron chi connectivity index (χ0n) is 12.9. The Labute approximate surface area is 126 Å². The molecule has 0 spiro atoms. The number of nitrogens with zero attached hydrogens (tertiary/aromatic N) is 1. The first kappa shape index (κ1) is 14.1. The number of carbonyl (C=O) groups is 1. The molecule has 110 valence electrons. The number of carbonyl (C=O) groups excluding carboxylic acids is 1. The number of allylic oxidation sites excluding steroid dienone is 2. The van der Waals surface area contributed by atoms with E-state index in [1.54, 1.807) is 0 Å². The van der Waals surface area contributed by atoms with Gasteiger partial charge in [0.2, 0.25) is 0 Å². The van der Waals surface area contributed by atoms with Gasteiger partial charge in [-0.1, -0.05) is 45.1 Å². The molecule has 0 heterocycles. The summed E-state index contributed by atoms with van der Waals surface area (Å²) in [6, 6.07) is 7.78. The molecule has 1 fully saturated rings. The van der Waals surface area contributed by atoms with Gasteiger partial charge in [-0.25, -0.2) is 5.43 Å². The van der Waals surface area contributed by atoms with Gasteiger partial charge in [-0.3, -0.25) is 4.79 Å². The first-order valence-electron chi connectivity index (χ1n) is 7.59. The van der Waals surface area contributed by atoms with E-state index in [-0.39, 0.29) is 11.3 Å². The molecule has 0 saturated heterocycles. The summed E-state index contributed by atoms with van der Waals surface area (Å²) in [6.07, 6.45) is 6.53. The SMILES string of the molecule is CC(C)(C)c1ccc(C(=O)N/N=C2\C[C@H]3C=CC[C@@H]23)cc1. The maximum Gasteiger partial charge on any atom is 0.271 e. The highest BCUT2D eigenvalue weighted by molar-refractivity contribution is 5.98. The van der Waals surface area contributed by atoms with Crippen LogP contribution >= 0.6 is 0 Å². The van der Waals surface area contributed by atoms with Crippen LogP contribution in [-0.2, 0) is 5.41 Å². The van der Waals surface area contributed by atoms with E-state index in [2.05, 4.69) is 43.5 Å². The van der Waals surface area contributed by atoms with Crippen LogP contribution in [0.5, 0.6) is 0 Å². The molecular formula is C18H22N2O. The summed E-state index contributed by atoms with van der Waals surface area (Å²) in [6.45, 7) is 6.49. The van der Waals surface area contributed by atoms with Gasteiger partial charge in [0.05, 0.1) is 0 Å². The van der Waals surface area contributed by atoms with Gasteiger partial charge >= 0.3 is 0 Å². The van der Waals surface area contributed by atoms with Crippen molar-refractivity contribution in [1.29, 1.82) is 0 Å². The van der Waals surface area contributed by atoms with E-state index in [0.29, 0.717) is 17.4 Å². The quantitative estimate of drug-likeness (QED) is 0.652. The third-order valence-electron chi connectivity index (χ3n) is 4.48. The Bertz CT molecular complexity index is 605. The number of fused-ring (bicyclic) bond motifs is 1. The van der Waals surface area contributed by atoms with Crippen LogP contribution < -0.4 is 5.43 Å². The predicted molar refractivity (Wildman–Crippen MR) is 85.4 cm³/mol. The summed E-state index contributed by atoms with van der Waals surface area (Å²) < 4.78 is 0. The lowest BCUT2D eigenvalue weighted by Crippen LogP contribution is -2.35. The lowest BCUT2D eigenvalue weighted by molar-refractivity contribution is 0.0954. The van der Waals surface area contributed by atoms with Crippen molar-refractivity contribution in [1.82, 2.24) is 5.43 Å². The zero-order valence-corrected chi connectivity index (χ0v) is 12.9. The minimum Gasteiger partial charge on any atom is -0.267 e. The summed E-state index contributed by atoms with van der Waals surface area (Å²) in [7, 11) is 0. The Balaban J connectivity index is 1.62. The Morgan fingerprint density at radius 3 is 2.57 bits per heavy atom. The Morgan fingerprint density at radius 1 is 1.24 bits per heavy atom. The molecule has 3 nitrogen and oxygen atoms in total. The van der Waals surface area contributed by atoms with Gasteiger partial charge in [0.25, 0.3) is 5.91 Å². The van der Waals surface area contributed by atoms with Crippen molar-refractivity contribution in [3.63, 3.8) is 0 Å². The highest BCUT2D eigenvalue weighted by atomic mass is 16.2. The lowest BCUT2D eigenvalue weighted by Gasteiger charge is -2.31. The summed E-state index contributed by atoms with van der Waals surface area (Å²) in [5, 5.41) is 4.30. The van der Waals surface area contributed by atoms with Gasteiger partial charge in [0.15, 0.2) is 0 Å². The maximum absolute atomic E-state index is 12.1. The van der Waals surface area contributed by atoms with E-state index < -0.39 is 0 Å². The van der Waals surface area contributed by atoms with Crippen molar-refractivity contribution < 1.29 is 4.79 Å². The van der Waals surface area contributed by atoms with Crippen LogP contribution in [-0.4, -0.2) is 11.6 Å². The van der Waals surface area contributed by atoms with Crippen LogP contribution in [0.15, 0.2) is 41.5 Å². The normalized spacial score (nSPS) is 25.6. The number of amides is 1. The Kier molecular flexibility index (Phi) is 3.44. The van der Waals surface area contributed by atoms with Crippen LogP contribution in [0.4, 0.5) is 0 Å². The largest absolute Gasteiger partial charge is 0.271 e. The predicted octanol–water partition coefficient (Wildman–Crippen LogP) is 3.67. The Hall–Kier alpha value is -1.90. The van der Waals surface area contributed by atoms with Crippen LogP contribution in [0.2, 0.25) is 0 Å². The molecule has 2 atom stereocenters. The molecule has 1 aromatic rings. The molecular weight excluding hydrogens is 260 g/mol. The second-order valence-corrected chi connectivity index (χ2v) is 7.01. The van der Waals surface area contributed by atoms with Crippen molar-refractivity contribution in [3.8, 4) is 0 Å². The fraction of sp³-hybridized carbons (Fsp3) is 0.444. The molecule has 3 heteroatoms. The van der Waals surface area contributed by atoms with Crippen molar-refractivity contribution in [3.05, 3.63) is 47.5 Å². The smallest absolute Gasteiger partial charge is 0.267 e. The average molecular weight is 282 g/mol. The molecule has 0 aliphatic heterocycles. The van der Waals surface area contributed by atoms with Crippen LogP contribution in [0.3, 0.4) is 0 Å². The van der Waals surface area contributed by atoms with E-state index in [4.69, 9.17) is 0 Å². The molecule has 0 bridgehead atoms. The Morgan fingerprint density at radius 2 is 1.95 bits per heavy atom. The van der Waals surface area contributed by atoms with E-state index >= 15 is 0 Å². The van der Waals surface area contributed by atoms with Gasteiger partial charge in [-0.15, -0.1) is 0 Å². The molecule has 21 heavy (non-hydrogen) atoms. The van der Waals surface area contributed by atoms with Gasteiger partial charge in [-0.2, -0.15) is 5.10 Å². The molecule has 1 aromatic carbocycles. The molecule has 2 aliphatic carbocycles. The number of hydrogen-bond acceptors (Lipinski definition) is 2. The molecule has 0 radical (unpaired) electrons. The number of nitrogens with one attached hydrogen (secondary N) is 1. The third kappa shape index (κ3) is 2.78. The third-order valence-corrected chi connectivity index (χ3v) is 4.48. The fourth-order valence-electron chi connectivity index (χ4n) is 2.97. The summed E-state index contributed by atoms with van der Waals surface area (Å²) >= 11 is 0. The van der Waals surface area contributed by atoms with E-state index in [9.17, 15) is 4.79 Å². The van der Waals surface area contributed by atoms with Crippen LogP contribution in [0, 0.1) is 11.8 Å². The van der Waals surface area contributed by atoms with Crippen LogP contribution in [0.1, 0.15) is 49.5 Å². The standard InChI is InChI=1S/C18H22N2O/c1-18(2,3)14-9-7-12(8-10-14)17(21)20-19-16-11-13-5-4-6-15(13)16/h4-5,7-10,13,15H,6,11H2,1-3H3,(H,20,21)/b19-16+/t13-,15-/m1/s1. The lowest BCUT2D eigenvalue weighted by atomic mass is 9.74. The minimum absolute atomic E-state index is 0.103. The van der Waals surface area contributed by atoms with Gasteiger partial charge in [0, 0.05) is 17.2 Å².